The van der Waals surface area contributed by atoms with Crippen molar-refractivity contribution in [3.8, 4) is 5.75 Å². The molecular formula is C24H16ClI2NO3. The molecular weight excluding hydrogens is 640 g/mol. The van der Waals surface area contributed by atoms with Crippen molar-refractivity contribution in [2.45, 2.75) is 13.5 Å². The Bertz CT molecular complexity index is 1200. The SMILES string of the molecule is Cc1ccc(C2=N/C(=C\c3cc(I)c(OCc4ccccc4Cl)c(I)c3)C(=O)O2)cc1. The van der Waals surface area contributed by atoms with Crippen molar-refractivity contribution in [3.63, 3.8) is 0 Å². The van der Waals surface area contributed by atoms with E-state index in [9.17, 15) is 4.79 Å². The molecule has 0 spiro atoms. The molecule has 31 heavy (non-hydrogen) atoms. The number of rotatable bonds is 5. The number of aryl methyl sites for hydroxylation is 1. The minimum absolute atomic E-state index is 0.270. The second-order valence-corrected chi connectivity index (χ2v) is 9.63. The largest absolute Gasteiger partial charge is 0.487 e. The van der Waals surface area contributed by atoms with Crippen LogP contribution in [-0.2, 0) is 16.1 Å². The maximum atomic E-state index is 12.3. The van der Waals surface area contributed by atoms with Crippen LogP contribution in [0.1, 0.15) is 22.3 Å². The molecule has 3 aromatic rings. The number of hydrogen-bond donors (Lipinski definition) is 0. The molecule has 3 aromatic carbocycles. The van der Waals surface area contributed by atoms with Gasteiger partial charge in [0.15, 0.2) is 5.70 Å². The van der Waals surface area contributed by atoms with Crippen molar-refractivity contribution < 1.29 is 14.3 Å². The molecule has 4 nitrogen and oxygen atoms in total. The van der Waals surface area contributed by atoms with Gasteiger partial charge in [-0.1, -0.05) is 47.5 Å². The first-order valence-electron chi connectivity index (χ1n) is 9.35. The number of carbonyl (C=O) groups excluding carboxylic acids is 1. The smallest absolute Gasteiger partial charge is 0.363 e. The molecule has 0 fully saturated rings. The van der Waals surface area contributed by atoms with Gasteiger partial charge >= 0.3 is 5.97 Å². The minimum Gasteiger partial charge on any atom is -0.487 e. The average molecular weight is 656 g/mol. The van der Waals surface area contributed by atoms with Crippen LogP contribution in [-0.4, -0.2) is 11.9 Å². The number of halogens is 3. The quantitative estimate of drug-likeness (QED) is 0.173. The lowest BCUT2D eigenvalue weighted by molar-refractivity contribution is -0.129. The van der Waals surface area contributed by atoms with E-state index >= 15 is 0 Å². The van der Waals surface area contributed by atoms with Gasteiger partial charge in [-0.15, -0.1) is 0 Å². The first kappa shape index (κ1) is 22.3. The van der Waals surface area contributed by atoms with E-state index in [2.05, 4.69) is 50.2 Å². The first-order valence-corrected chi connectivity index (χ1v) is 11.9. The third kappa shape index (κ3) is 5.30. The Balaban J connectivity index is 1.56. The molecule has 4 rings (SSSR count). The topological polar surface area (TPSA) is 47.9 Å². The van der Waals surface area contributed by atoms with Crippen LogP contribution in [0, 0.1) is 14.1 Å². The monoisotopic (exact) mass is 655 g/mol. The summed E-state index contributed by atoms with van der Waals surface area (Å²) in [6, 6.07) is 19.2. The van der Waals surface area contributed by atoms with Crippen molar-refractivity contribution >= 4 is 74.7 Å². The van der Waals surface area contributed by atoms with Gasteiger partial charge in [-0.3, -0.25) is 0 Å². The molecule has 7 heteroatoms. The van der Waals surface area contributed by atoms with E-state index in [4.69, 9.17) is 21.1 Å². The lowest BCUT2D eigenvalue weighted by Gasteiger charge is -2.12. The Kier molecular flexibility index (Phi) is 6.98. The van der Waals surface area contributed by atoms with Crippen molar-refractivity contribution in [2.75, 3.05) is 0 Å². The Labute approximate surface area is 212 Å². The Morgan fingerprint density at radius 3 is 2.42 bits per heavy atom. The maximum Gasteiger partial charge on any atom is 0.363 e. The van der Waals surface area contributed by atoms with E-state index in [-0.39, 0.29) is 5.70 Å². The van der Waals surface area contributed by atoms with E-state index in [1.807, 2.05) is 67.6 Å². The highest BCUT2D eigenvalue weighted by Gasteiger charge is 2.24. The van der Waals surface area contributed by atoms with Crippen molar-refractivity contribution in [1.82, 2.24) is 0 Å². The molecule has 0 atom stereocenters. The van der Waals surface area contributed by atoms with Gasteiger partial charge in [0, 0.05) is 16.1 Å². The molecule has 1 heterocycles. The normalized spacial score (nSPS) is 14.5. The third-order valence-corrected chi connectivity index (χ3v) is 6.54. The molecule has 1 aliphatic heterocycles. The highest BCUT2D eigenvalue weighted by Crippen LogP contribution is 2.31. The van der Waals surface area contributed by atoms with E-state index in [1.54, 1.807) is 6.08 Å². The number of carbonyl (C=O) groups is 1. The average Bonchev–Trinajstić information content (AvgIpc) is 3.09. The summed E-state index contributed by atoms with van der Waals surface area (Å²) < 4.78 is 13.2. The molecule has 156 valence electrons. The summed E-state index contributed by atoms with van der Waals surface area (Å²) in [7, 11) is 0. The molecule has 0 aromatic heterocycles. The van der Waals surface area contributed by atoms with Crippen LogP contribution in [0.3, 0.4) is 0 Å². The Hall–Kier alpha value is -1.91. The molecule has 0 saturated heterocycles. The summed E-state index contributed by atoms with van der Waals surface area (Å²) in [6.07, 6.45) is 1.73. The summed E-state index contributed by atoms with van der Waals surface area (Å²) in [5, 5.41) is 0.677. The van der Waals surface area contributed by atoms with Crippen LogP contribution in [0.25, 0.3) is 6.08 Å². The van der Waals surface area contributed by atoms with E-state index in [0.717, 1.165) is 35.1 Å². The number of aliphatic imine (C=N–C) groups is 1. The van der Waals surface area contributed by atoms with Crippen molar-refractivity contribution in [1.29, 1.82) is 0 Å². The van der Waals surface area contributed by atoms with Crippen LogP contribution >= 0.6 is 56.8 Å². The summed E-state index contributed by atoms with van der Waals surface area (Å²) >= 11 is 10.7. The molecule has 0 aliphatic carbocycles. The third-order valence-electron chi connectivity index (χ3n) is 4.57. The van der Waals surface area contributed by atoms with E-state index in [0.29, 0.717) is 17.5 Å². The molecule has 0 unspecified atom stereocenters. The molecule has 0 bridgehead atoms. The number of nitrogens with zero attached hydrogens (tertiary/aromatic N) is 1. The van der Waals surface area contributed by atoms with Crippen LogP contribution in [0.4, 0.5) is 0 Å². The predicted octanol–water partition coefficient (Wildman–Crippen LogP) is 6.78. The van der Waals surface area contributed by atoms with Crippen LogP contribution in [0.2, 0.25) is 5.02 Å². The molecule has 0 N–H and O–H groups in total. The number of hydrogen-bond acceptors (Lipinski definition) is 4. The molecule has 0 saturated carbocycles. The lowest BCUT2D eigenvalue weighted by atomic mass is 10.1. The van der Waals surface area contributed by atoms with E-state index < -0.39 is 5.97 Å². The first-order chi connectivity index (χ1) is 14.9. The van der Waals surface area contributed by atoms with E-state index in [1.165, 1.54) is 0 Å². The zero-order valence-corrected chi connectivity index (χ0v) is 21.4. The second kappa shape index (κ2) is 9.70. The fourth-order valence-corrected chi connectivity index (χ4v) is 5.27. The summed E-state index contributed by atoms with van der Waals surface area (Å²) in [5.41, 5.74) is 3.94. The van der Waals surface area contributed by atoms with Gasteiger partial charge in [-0.2, -0.15) is 0 Å². The fourth-order valence-electron chi connectivity index (χ4n) is 2.95. The Morgan fingerprint density at radius 1 is 1.06 bits per heavy atom. The zero-order valence-electron chi connectivity index (χ0n) is 16.4. The fraction of sp³-hybridized carbons (Fsp3) is 0.0833. The number of esters is 1. The van der Waals surface area contributed by atoms with Gasteiger partial charge in [-0.25, -0.2) is 9.79 Å². The predicted molar refractivity (Wildman–Crippen MR) is 139 cm³/mol. The minimum atomic E-state index is -0.459. The highest BCUT2D eigenvalue weighted by molar-refractivity contribution is 14.1. The van der Waals surface area contributed by atoms with Crippen LogP contribution in [0.15, 0.2) is 71.4 Å². The van der Waals surface area contributed by atoms with Gasteiger partial charge in [0.05, 0.1) is 7.14 Å². The van der Waals surface area contributed by atoms with Crippen molar-refractivity contribution in [2.24, 2.45) is 4.99 Å². The molecule has 1 aliphatic rings. The lowest BCUT2D eigenvalue weighted by Crippen LogP contribution is -2.05. The number of cyclic esters (lactones) is 1. The van der Waals surface area contributed by atoms with Gasteiger partial charge in [0.25, 0.3) is 0 Å². The second-order valence-electron chi connectivity index (χ2n) is 6.90. The number of benzene rings is 3. The summed E-state index contributed by atoms with van der Waals surface area (Å²) in [4.78, 5) is 16.7. The van der Waals surface area contributed by atoms with Crippen LogP contribution in [0.5, 0.6) is 5.75 Å². The Morgan fingerprint density at radius 2 is 1.74 bits per heavy atom. The summed E-state index contributed by atoms with van der Waals surface area (Å²) in [6.45, 7) is 2.38. The maximum absolute atomic E-state index is 12.3. The highest BCUT2D eigenvalue weighted by atomic mass is 127. The zero-order chi connectivity index (χ0) is 22.0. The summed E-state index contributed by atoms with van der Waals surface area (Å²) in [5.74, 6) is 0.640. The van der Waals surface area contributed by atoms with Crippen LogP contribution < -0.4 is 4.74 Å². The van der Waals surface area contributed by atoms with Gasteiger partial charge in [-0.05, 0) is 94.1 Å². The van der Waals surface area contributed by atoms with Gasteiger partial charge in [0.1, 0.15) is 12.4 Å². The molecule has 0 amide bonds. The number of ether oxygens (including phenoxy) is 2. The molecule has 0 radical (unpaired) electrons. The van der Waals surface area contributed by atoms with Gasteiger partial charge in [0.2, 0.25) is 5.90 Å². The standard InChI is InChI=1S/C24H16ClI2NO3/c1-14-6-8-16(9-7-14)23-28-21(24(29)31-23)12-15-10-19(26)22(20(27)11-15)30-13-17-4-2-3-5-18(17)25/h2-12H,13H2,1H3/b21-12-. The van der Waals surface area contributed by atoms with Crippen molar-refractivity contribution in [3.05, 3.63) is 101 Å². The van der Waals surface area contributed by atoms with Gasteiger partial charge < -0.3 is 9.47 Å².